The zero-order valence-electron chi connectivity index (χ0n) is 17.4. The second-order valence-electron chi connectivity index (χ2n) is 7.58. The average molecular weight is 442 g/mol. The second-order valence-corrected chi connectivity index (χ2v) is 7.58. The summed E-state index contributed by atoms with van der Waals surface area (Å²) in [6.45, 7) is 0.535. The Labute approximate surface area is 181 Å². The Kier molecular flexibility index (Phi) is 5.66. The molecule has 0 unspecified atom stereocenters. The van der Waals surface area contributed by atoms with Crippen LogP contribution in [0.5, 0.6) is 0 Å². The summed E-state index contributed by atoms with van der Waals surface area (Å²) < 4.78 is 40.6. The quantitative estimate of drug-likeness (QED) is 0.474. The van der Waals surface area contributed by atoms with E-state index in [4.69, 9.17) is 5.73 Å². The molecule has 0 saturated carbocycles. The highest BCUT2D eigenvalue weighted by molar-refractivity contribution is 5.86. The normalized spacial score (nSPS) is 12.9. The number of nitrogen functional groups attached to an aromatic ring is 1. The number of aromatic amines is 1. The zero-order chi connectivity index (χ0) is 22.9. The van der Waals surface area contributed by atoms with Gasteiger partial charge in [0, 0.05) is 30.1 Å². The van der Waals surface area contributed by atoms with Gasteiger partial charge >= 0.3 is 6.18 Å². The van der Waals surface area contributed by atoms with Gasteiger partial charge in [-0.15, -0.1) is 0 Å². The lowest BCUT2D eigenvalue weighted by Gasteiger charge is -2.22. The highest BCUT2D eigenvalue weighted by Gasteiger charge is 2.30. The molecule has 0 bridgehead atoms. The molecule has 11 heteroatoms. The monoisotopic (exact) mass is 442 g/mol. The van der Waals surface area contributed by atoms with Gasteiger partial charge in [0.25, 0.3) is 0 Å². The number of nitrogens with zero attached hydrogens (tertiary/aromatic N) is 6. The molecule has 3 N–H and O–H groups in total. The van der Waals surface area contributed by atoms with Crippen LogP contribution in [0.3, 0.4) is 0 Å². The number of rotatable bonds is 6. The van der Waals surface area contributed by atoms with Gasteiger partial charge in [0.1, 0.15) is 12.1 Å². The first-order valence-electron chi connectivity index (χ1n) is 9.70. The molecule has 166 valence electrons. The second kappa shape index (κ2) is 8.42. The van der Waals surface area contributed by atoms with Crippen molar-refractivity contribution >= 4 is 5.82 Å². The SMILES string of the molecule is CN(C)C[C@H](c1ccc(C(F)(F)F)cc1)n1cc(-c2ncnc(N)c2-c2cn[nH]c2)cn1. The van der Waals surface area contributed by atoms with Gasteiger partial charge in [-0.3, -0.25) is 9.78 Å². The average Bonchev–Trinajstić information content (AvgIpc) is 3.43. The minimum atomic E-state index is -4.38. The van der Waals surface area contributed by atoms with Crippen molar-refractivity contribution in [2.45, 2.75) is 12.2 Å². The Morgan fingerprint density at radius 1 is 1.09 bits per heavy atom. The molecule has 0 aliphatic rings. The maximum atomic E-state index is 13.0. The van der Waals surface area contributed by atoms with E-state index in [2.05, 4.69) is 25.3 Å². The number of nitrogens with two attached hydrogens (primary N) is 1. The molecule has 0 saturated heterocycles. The minimum absolute atomic E-state index is 0.303. The third-order valence-electron chi connectivity index (χ3n) is 5.02. The predicted octanol–water partition coefficient (Wildman–Crippen LogP) is 3.48. The Hall–Kier alpha value is -3.73. The molecule has 3 heterocycles. The standard InChI is InChI=1S/C21H21F3N8/c1-31(2)11-17(13-3-5-16(6-4-13)21(22,23)24)32-10-15(9-30-32)19-18(14-7-28-29-8-14)20(25)27-12-26-19/h3-10,12,17H,11H2,1-2H3,(H,28,29)(H2,25,26,27)/t17-/m1/s1. The summed E-state index contributed by atoms with van der Waals surface area (Å²) in [4.78, 5) is 10.4. The smallest absolute Gasteiger partial charge is 0.383 e. The fourth-order valence-electron chi connectivity index (χ4n) is 3.50. The highest BCUT2D eigenvalue weighted by atomic mass is 19.4. The van der Waals surface area contributed by atoms with Crippen molar-refractivity contribution in [3.05, 3.63) is 66.5 Å². The summed E-state index contributed by atoms with van der Waals surface area (Å²) in [5, 5.41) is 11.2. The lowest BCUT2D eigenvalue weighted by molar-refractivity contribution is -0.137. The molecule has 1 atom stereocenters. The number of halogens is 3. The van der Waals surface area contributed by atoms with Crippen LogP contribution in [0.2, 0.25) is 0 Å². The van der Waals surface area contributed by atoms with E-state index in [-0.39, 0.29) is 6.04 Å². The Morgan fingerprint density at radius 2 is 1.84 bits per heavy atom. The van der Waals surface area contributed by atoms with Crippen LogP contribution in [0.15, 0.2) is 55.4 Å². The van der Waals surface area contributed by atoms with Gasteiger partial charge in [0.2, 0.25) is 0 Å². The molecule has 0 aliphatic heterocycles. The molecule has 0 amide bonds. The van der Waals surface area contributed by atoms with E-state index in [1.165, 1.54) is 18.5 Å². The molecule has 0 aliphatic carbocycles. The predicted molar refractivity (Wildman–Crippen MR) is 113 cm³/mol. The van der Waals surface area contributed by atoms with Crippen LogP contribution >= 0.6 is 0 Å². The molecule has 3 aromatic heterocycles. The first kappa shape index (κ1) is 21.5. The van der Waals surface area contributed by atoms with Crippen molar-refractivity contribution in [2.75, 3.05) is 26.4 Å². The highest BCUT2D eigenvalue weighted by Crippen LogP contribution is 2.34. The number of benzene rings is 1. The number of nitrogens with one attached hydrogen (secondary N) is 1. The number of alkyl halides is 3. The van der Waals surface area contributed by atoms with E-state index in [1.54, 1.807) is 29.5 Å². The summed E-state index contributed by atoms with van der Waals surface area (Å²) >= 11 is 0. The molecule has 32 heavy (non-hydrogen) atoms. The molecular weight excluding hydrogens is 421 g/mol. The van der Waals surface area contributed by atoms with E-state index < -0.39 is 11.7 Å². The van der Waals surface area contributed by atoms with Gasteiger partial charge in [-0.2, -0.15) is 23.4 Å². The van der Waals surface area contributed by atoms with Crippen LogP contribution in [0, 0.1) is 0 Å². The Bertz CT molecular complexity index is 1180. The van der Waals surface area contributed by atoms with E-state index >= 15 is 0 Å². The zero-order valence-corrected chi connectivity index (χ0v) is 17.4. The van der Waals surface area contributed by atoms with Crippen molar-refractivity contribution in [2.24, 2.45) is 0 Å². The van der Waals surface area contributed by atoms with Gasteiger partial charge in [-0.25, -0.2) is 9.97 Å². The van der Waals surface area contributed by atoms with Crippen LogP contribution in [-0.2, 0) is 6.18 Å². The number of aromatic nitrogens is 6. The van der Waals surface area contributed by atoms with Gasteiger partial charge < -0.3 is 10.6 Å². The molecule has 4 rings (SSSR count). The molecule has 0 fully saturated rings. The number of hydrogen-bond acceptors (Lipinski definition) is 6. The van der Waals surface area contributed by atoms with E-state index in [0.717, 1.165) is 17.7 Å². The first-order valence-corrected chi connectivity index (χ1v) is 9.70. The van der Waals surface area contributed by atoms with Crippen molar-refractivity contribution in [1.29, 1.82) is 0 Å². The Balaban J connectivity index is 1.73. The fourth-order valence-corrected chi connectivity index (χ4v) is 3.50. The lowest BCUT2D eigenvalue weighted by atomic mass is 10.0. The topological polar surface area (TPSA) is 102 Å². The van der Waals surface area contributed by atoms with Crippen LogP contribution < -0.4 is 5.73 Å². The summed E-state index contributed by atoms with van der Waals surface area (Å²) in [6.07, 6.45) is 3.76. The van der Waals surface area contributed by atoms with Crippen molar-refractivity contribution in [3.8, 4) is 22.4 Å². The minimum Gasteiger partial charge on any atom is -0.383 e. The maximum Gasteiger partial charge on any atom is 0.416 e. The van der Waals surface area contributed by atoms with E-state index in [9.17, 15) is 13.2 Å². The molecule has 8 nitrogen and oxygen atoms in total. The van der Waals surface area contributed by atoms with Gasteiger partial charge in [0.05, 0.1) is 35.3 Å². The summed E-state index contributed by atoms with van der Waals surface area (Å²) in [6, 6.07) is 4.84. The molecule has 1 aromatic carbocycles. The van der Waals surface area contributed by atoms with Gasteiger partial charge in [-0.05, 0) is 31.8 Å². The van der Waals surface area contributed by atoms with Crippen LogP contribution in [-0.4, -0.2) is 55.5 Å². The maximum absolute atomic E-state index is 13.0. The number of anilines is 1. The Morgan fingerprint density at radius 3 is 2.47 bits per heavy atom. The first-order chi connectivity index (χ1) is 15.2. The largest absolute Gasteiger partial charge is 0.416 e. The van der Waals surface area contributed by atoms with Gasteiger partial charge in [-0.1, -0.05) is 12.1 Å². The summed E-state index contributed by atoms with van der Waals surface area (Å²) in [5.74, 6) is 0.303. The van der Waals surface area contributed by atoms with E-state index in [0.29, 0.717) is 34.7 Å². The third-order valence-corrected chi connectivity index (χ3v) is 5.02. The molecular formula is C21H21F3N8. The number of H-pyrrole nitrogens is 1. The molecule has 4 aromatic rings. The van der Waals surface area contributed by atoms with Crippen molar-refractivity contribution in [3.63, 3.8) is 0 Å². The third kappa shape index (κ3) is 4.33. The lowest BCUT2D eigenvalue weighted by Crippen LogP contribution is -2.26. The van der Waals surface area contributed by atoms with E-state index in [1.807, 2.05) is 19.0 Å². The fraction of sp³-hybridized carbons (Fsp3) is 0.238. The van der Waals surface area contributed by atoms with Crippen LogP contribution in [0.1, 0.15) is 17.2 Å². The molecule has 0 spiro atoms. The summed E-state index contributed by atoms with van der Waals surface area (Å²) in [7, 11) is 3.78. The number of hydrogen-bond donors (Lipinski definition) is 2. The van der Waals surface area contributed by atoms with Gasteiger partial charge in [0.15, 0.2) is 0 Å². The van der Waals surface area contributed by atoms with Crippen molar-refractivity contribution < 1.29 is 13.2 Å². The van der Waals surface area contributed by atoms with Crippen LogP contribution in [0.4, 0.5) is 19.0 Å². The van der Waals surface area contributed by atoms with Crippen LogP contribution in [0.25, 0.3) is 22.4 Å². The summed E-state index contributed by atoms with van der Waals surface area (Å²) in [5.41, 5.74) is 8.77. The van der Waals surface area contributed by atoms with Crippen molar-refractivity contribution in [1.82, 2.24) is 34.8 Å². The molecule has 0 radical (unpaired) electrons. The number of likely N-dealkylation sites (N-methyl/N-ethyl adjacent to an activating group) is 1.